The molecule has 1 aromatic carbocycles. The molecule has 4 N–H and O–H groups in total. The maximum Gasteiger partial charge on any atom is 0.119 e. The standard InChI is InChI=1S/C10H12FNO2/c11-5-8(6-12)1-7-2-9(13)4-10(14)3-7/h2-5,13-14H,1,6,12H2/b8-5+. The molecule has 0 aromatic heterocycles. The zero-order chi connectivity index (χ0) is 10.6. The highest BCUT2D eigenvalue weighted by molar-refractivity contribution is 5.38. The van der Waals surface area contributed by atoms with Gasteiger partial charge in [-0.05, 0) is 29.7 Å². The number of halogens is 1. The molecular formula is C10H12FNO2. The van der Waals surface area contributed by atoms with Gasteiger partial charge in [-0.25, -0.2) is 4.39 Å². The summed E-state index contributed by atoms with van der Waals surface area (Å²) >= 11 is 0. The third kappa shape index (κ3) is 2.74. The van der Waals surface area contributed by atoms with Gasteiger partial charge in [0.05, 0.1) is 6.33 Å². The molecule has 3 nitrogen and oxygen atoms in total. The van der Waals surface area contributed by atoms with E-state index in [2.05, 4.69) is 0 Å². The lowest BCUT2D eigenvalue weighted by molar-refractivity contribution is 0.449. The number of hydrogen-bond acceptors (Lipinski definition) is 3. The van der Waals surface area contributed by atoms with Crippen molar-refractivity contribution in [3.05, 3.63) is 35.7 Å². The van der Waals surface area contributed by atoms with E-state index in [1.807, 2.05) is 0 Å². The highest BCUT2D eigenvalue weighted by Crippen LogP contribution is 2.22. The molecule has 0 spiro atoms. The van der Waals surface area contributed by atoms with Crippen LogP contribution in [0.3, 0.4) is 0 Å². The lowest BCUT2D eigenvalue weighted by atomic mass is 10.1. The SMILES string of the molecule is NC/C(=C/F)Cc1cc(O)cc(O)c1. The van der Waals surface area contributed by atoms with E-state index in [-0.39, 0.29) is 24.5 Å². The van der Waals surface area contributed by atoms with Crippen LogP contribution in [-0.2, 0) is 6.42 Å². The fourth-order valence-electron chi connectivity index (χ4n) is 1.18. The Morgan fingerprint density at radius 3 is 2.29 bits per heavy atom. The quantitative estimate of drug-likeness (QED) is 0.687. The van der Waals surface area contributed by atoms with Crippen LogP contribution < -0.4 is 5.73 Å². The first kappa shape index (κ1) is 10.5. The van der Waals surface area contributed by atoms with E-state index < -0.39 is 0 Å². The summed E-state index contributed by atoms with van der Waals surface area (Å²) in [7, 11) is 0. The van der Waals surface area contributed by atoms with E-state index in [9.17, 15) is 4.39 Å². The van der Waals surface area contributed by atoms with Gasteiger partial charge in [-0.3, -0.25) is 0 Å². The predicted octanol–water partition coefficient (Wildman–Crippen LogP) is 1.45. The van der Waals surface area contributed by atoms with Crippen LogP contribution in [0.1, 0.15) is 5.56 Å². The minimum Gasteiger partial charge on any atom is -0.508 e. The van der Waals surface area contributed by atoms with Gasteiger partial charge in [0, 0.05) is 12.6 Å². The lowest BCUT2D eigenvalue weighted by Crippen LogP contribution is -2.05. The van der Waals surface area contributed by atoms with Gasteiger partial charge in [0.1, 0.15) is 11.5 Å². The van der Waals surface area contributed by atoms with Crippen molar-refractivity contribution in [2.75, 3.05) is 6.54 Å². The Kier molecular flexibility index (Phi) is 3.48. The van der Waals surface area contributed by atoms with Crippen molar-refractivity contribution in [1.29, 1.82) is 0 Å². The summed E-state index contributed by atoms with van der Waals surface area (Å²) in [5.41, 5.74) is 6.31. The molecule has 76 valence electrons. The van der Waals surface area contributed by atoms with Gasteiger partial charge in [0.2, 0.25) is 0 Å². The van der Waals surface area contributed by atoms with E-state index >= 15 is 0 Å². The second kappa shape index (κ2) is 4.62. The number of phenols is 2. The van der Waals surface area contributed by atoms with Gasteiger partial charge in [-0.2, -0.15) is 0 Å². The number of phenolic OH excluding ortho intramolecular Hbond substituents is 2. The number of benzene rings is 1. The Labute approximate surface area is 81.3 Å². The topological polar surface area (TPSA) is 66.5 Å². The molecule has 0 aliphatic heterocycles. The van der Waals surface area contributed by atoms with E-state index in [1.54, 1.807) is 0 Å². The molecule has 14 heavy (non-hydrogen) atoms. The molecule has 1 aromatic rings. The molecule has 4 heteroatoms. The highest BCUT2D eigenvalue weighted by Gasteiger charge is 2.02. The second-order valence-corrected chi connectivity index (χ2v) is 3.01. The van der Waals surface area contributed by atoms with Crippen LogP contribution >= 0.6 is 0 Å². The second-order valence-electron chi connectivity index (χ2n) is 3.01. The van der Waals surface area contributed by atoms with Crippen molar-refractivity contribution in [2.45, 2.75) is 6.42 Å². The normalized spacial score (nSPS) is 11.7. The van der Waals surface area contributed by atoms with Gasteiger partial charge in [0.15, 0.2) is 0 Å². The Balaban J connectivity index is 2.86. The third-order valence-electron chi connectivity index (χ3n) is 1.81. The van der Waals surface area contributed by atoms with E-state index in [4.69, 9.17) is 15.9 Å². The summed E-state index contributed by atoms with van der Waals surface area (Å²) in [6, 6.07) is 4.13. The summed E-state index contributed by atoms with van der Waals surface area (Å²) in [5, 5.41) is 18.3. The average Bonchev–Trinajstić information content (AvgIpc) is 2.12. The molecule has 0 unspecified atom stereocenters. The molecule has 1 rings (SSSR count). The van der Waals surface area contributed by atoms with Crippen LogP contribution in [0.2, 0.25) is 0 Å². The molecule has 0 fully saturated rings. The zero-order valence-electron chi connectivity index (χ0n) is 7.57. The maximum absolute atomic E-state index is 12.2. The van der Waals surface area contributed by atoms with E-state index in [1.165, 1.54) is 18.2 Å². The molecule has 0 aliphatic carbocycles. The summed E-state index contributed by atoms with van der Waals surface area (Å²) in [6.07, 6.45) is 0.732. The van der Waals surface area contributed by atoms with Crippen LogP contribution in [0.15, 0.2) is 30.1 Å². The van der Waals surface area contributed by atoms with E-state index in [0.717, 1.165) is 0 Å². The molecule has 0 saturated heterocycles. The molecule has 0 bridgehead atoms. The number of hydrogen-bond donors (Lipinski definition) is 3. The molecule has 0 amide bonds. The van der Waals surface area contributed by atoms with Crippen LogP contribution in [0.4, 0.5) is 4.39 Å². The van der Waals surface area contributed by atoms with Crippen LogP contribution in [0, 0.1) is 0 Å². The number of nitrogens with two attached hydrogens (primary N) is 1. The molecule has 0 atom stereocenters. The minimum absolute atomic E-state index is 0.0461. The minimum atomic E-state index is -0.0461. The third-order valence-corrected chi connectivity index (χ3v) is 1.81. The first-order valence-electron chi connectivity index (χ1n) is 4.16. The molecular weight excluding hydrogens is 185 g/mol. The lowest BCUT2D eigenvalue weighted by Gasteiger charge is -2.04. The average molecular weight is 197 g/mol. The van der Waals surface area contributed by atoms with Crippen molar-refractivity contribution in [2.24, 2.45) is 5.73 Å². The van der Waals surface area contributed by atoms with Crippen molar-refractivity contribution in [3.63, 3.8) is 0 Å². The Morgan fingerprint density at radius 1 is 1.29 bits per heavy atom. The van der Waals surface area contributed by atoms with Crippen molar-refractivity contribution in [3.8, 4) is 11.5 Å². The van der Waals surface area contributed by atoms with E-state index in [0.29, 0.717) is 17.5 Å². The smallest absolute Gasteiger partial charge is 0.119 e. The van der Waals surface area contributed by atoms with Crippen molar-refractivity contribution >= 4 is 0 Å². The van der Waals surface area contributed by atoms with Gasteiger partial charge in [-0.1, -0.05) is 0 Å². The van der Waals surface area contributed by atoms with Crippen LogP contribution in [0.5, 0.6) is 11.5 Å². The first-order valence-corrected chi connectivity index (χ1v) is 4.16. The number of rotatable bonds is 3. The fraction of sp³-hybridized carbons (Fsp3) is 0.200. The molecule has 0 heterocycles. The largest absolute Gasteiger partial charge is 0.508 e. The van der Waals surface area contributed by atoms with Crippen molar-refractivity contribution < 1.29 is 14.6 Å². The summed E-state index contributed by atoms with van der Waals surface area (Å²) in [6.45, 7) is 0.118. The van der Waals surface area contributed by atoms with Crippen LogP contribution in [0.25, 0.3) is 0 Å². The first-order chi connectivity index (χ1) is 6.65. The predicted molar refractivity (Wildman–Crippen MR) is 51.7 cm³/mol. The highest BCUT2D eigenvalue weighted by atomic mass is 19.1. The van der Waals surface area contributed by atoms with Gasteiger partial charge >= 0.3 is 0 Å². The summed E-state index contributed by atoms with van der Waals surface area (Å²) in [4.78, 5) is 0. The zero-order valence-corrected chi connectivity index (χ0v) is 7.57. The van der Waals surface area contributed by atoms with Crippen LogP contribution in [-0.4, -0.2) is 16.8 Å². The molecule has 0 saturated carbocycles. The summed E-state index contributed by atoms with van der Waals surface area (Å²) in [5.74, 6) is -0.0922. The van der Waals surface area contributed by atoms with Gasteiger partial charge in [-0.15, -0.1) is 0 Å². The Morgan fingerprint density at radius 2 is 1.86 bits per heavy atom. The molecule has 0 radical (unpaired) electrons. The fourth-order valence-corrected chi connectivity index (χ4v) is 1.18. The summed E-state index contributed by atoms with van der Waals surface area (Å²) < 4.78 is 12.2. The Bertz CT molecular complexity index is 330. The molecule has 0 aliphatic rings. The number of aromatic hydroxyl groups is 2. The van der Waals surface area contributed by atoms with Gasteiger partial charge < -0.3 is 15.9 Å². The maximum atomic E-state index is 12.2. The monoisotopic (exact) mass is 197 g/mol. The van der Waals surface area contributed by atoms with Gasteiger partial charge in [0.25, 0.3) is 0 Å². The van der Waals surface area contributed by atoms with Crippen molar-refractivity contribution in [1.82, 2.24) is 0 Å². The Hall–Kier alpha value is -1.55.